The van der Waals surface area contributed by atoms with E-state index in [-0.39, 0.29) is 5.91 Å². The third-order valence-electron chi connectivity index (χ3n) is 3.55. The first-order valence-electron chi connectivity index (χ1n) is 7.11. The van der Waals surface area contributed by atoms with Crippen LogP contribution >= 0.6 is 11.3 Å². The Morgan fingerprint density at radius 3 is 3.10 bits per heavy atom. The lowest BCUT2D eigenvalue weighted by Gasteiger charge is -2.07. The molecule has 0 spiro atoms. The standard InChI is InChI=1S/C13H18N6OS/c14-6-12-16-9(8-21-12)13(20)15-7-11-18-17-10-4-2-1-3-5-19(10)11/h8H,1-7,14H2,(H,15,20). The fourth-order valence-electron chi connectivity index (χ4n) is 2.43. The van der Waals surface area contributed by atoms with Crippen molar-refractivity contribution in [2.45, 2.75) is 45.3 Å². The molecule has 3 N–H and O–H groups in total. The van der Waals surface area contributed by atoms with Crippen LogP contribution < -0.4 is 11.1 Å². The van der Waals surface area contributed by atoms with E-state index in [1.807, 2.05) is 0 Å². The van der Waals surface area contributed by atoms with Gasteiger partial charge in [0.05, 0.1) is 6.54 Å². The molecule has 0 atom stereocenters. The maximum Gasteiger partial charge on any atom is 0.271 e. The van der Waals surface area contributed by atoms with Gasteiger partial charge in [-0.15, -0.1) is 21.5 Å². The summed E-state index contributed by atoms with van der Waals surface area (Å²) in [7, 11) is 0. The summed E-state index contributed by atoms with van der Waals surface area (Å²) < 4.78 is 2.12. The molecule has 0 bridgehead atoms. The molecule has 0 saturated heterocycles. The Bertz CT molecular complexity index is 634. The van der Waals surface area contributed by atoms with Crippen LogP contribution in [0.3, 0.4) is 0 Å². The summed E-state index contributed by atoms with van der Waals surface area (Å²) in [5.74, 6) is 1.64. The molecule has 2 aromatic heterocycles. The maximum absolute atomic E-state index is 12.0. The van der Waals surface area contributed by atoms with E-state index in [1.54, 1.807) is 5.38 Å². The van der Waals surface area contributed by atoms with Crippen LogP contribution in [-0.2, 0) is 26.1 Å². The van der Waals surface area contributed by atoms with Crippen molar-refractivity contribution >= 4 is 17.2 Å². The highest BCUT2D eigenvalue weighted by molar-refractivity contribution is 7.09. The van der Waals surface area contributed by atoms with E-state index < -0.39 is 0 Å². The minimum absolute atomic E-state index is 0.197. The van der Waals surface area contributed by atoms with Gasteiger partial charge in [0.15, 0.2) is 5.82 Å². The van der Waals surface area contributed by atoms with E-state index in [1.165, 1.54) is 17.8 Å². The smallest absolute Gasteiger partial charge is 0.271 e. The van der Waals surface area contributed by atoms with Crippen LogP contribution in [0, 0.1) is 0 Å². The number of aryl methyl sites for hydroxylation is 1. The first kappa shape index (κ1) is 14.2. The van der Waals surface area contributed by atoms with Crippen molar-refractivity contribution in [2.75, 3.05) is 0 Å². The molecule has 1 aliphatic heterocycles. The van der Waals surface area contributed by atoms with Gasteiger partial charge < -0.3 is 15.6 Å². The molecule has 3 rings (SSSR count). The number of nitrogens with two attached hydrogens (primary N) is 1. The zero-order valence-electron chi connectivity index (χ0n) is 11.7. The number of nitrogens with one attached hydrogen (secondary N) is 1. The average Bonchev–Trinajstić information content (AvgIpc) is 3.06. The molecule has 3 heterocycles. The summed E-state index contributed by atoms with van der Waals surface area (Å²) in [4.78, 5) is 16.2. The number of carbonyl (C=O) groups excluding carboxylic acids is 1. The molecule has 2 aromatic rings. The van der Waals surface area contributed by atoms with Crippen LogP contribution in [0.2, 0.25) is 0 Å². The monoisotopic (exact) mass is 306 g/mol. The molecular formula is C13H18N6OS. The van der Waals surface area contributed by atoms with Gasteiger partial charge in [0.1, 0.15) is 16.5 Å². The van der Waals surface area contributed by atoms with Crippen molar-refractivity contribution in [2.24, 2.45) is 5.73 Å². The number of fused-ring (bicyclic) bond motifs is 1. The van der Waals surface area contributed by atoms with Crippen molar-refractivity contribution in [3.8, 4) is 0 Å². The molecule has 1 amide bonds. The number of thiazole rings is 1. The average molecular weight is 306 g/mol. The van der Waals surface area contributed by atoms with E-state index in [2.05, 4.69) is 25.1 Å². The van der Waals surface area contributed by atoms with Crippen molar-refractivity contribution in [3.05, 3.63) is 27.7 Å². The molecule has 1 aliphatic rings. The summed E-state index contributed by atoms with van der Waals surface area (Å²) in [5, 5.41) is 13.7. The summed E-state index contributed by atoms with van der Waals surface area (Å²) in [6.07, 6.45) is 4.48. The fourth-order valence-corrected chi connectivity index (χ4v) is 3.09. The quantitative estimate of drug-likeness (QED) is 0.872. The van der Waals surface area contributed by atoms with Gasteiger partial charge in [0.2, 0.25) is 0 Å². The summed E-state index contributed by atoms with van der Waals surface area (Å²) in [6.45, 7) is 1.67. The number of hydrogen-bond acceptors (Lipinski definition) is 6. The number of carbonyl (C=O) groups is 1. The highest BCUT2D eigenvalue weighted by atomic mass is 32.1. The summed E-state index contributed by atoms with van der Waals surface area (Å²) in [6, 6.07) is 0. The highest BCUT2D eigenvalue weighted by Gasteiger charge is 2.16. The Balaban J connectivity index is 1.65. The van der Waals surface area contributed by atoms with Crippen LogP contribution in [0.1, 0.15) is 46.4 Å². The molecule has 7 nitrogen and oxygen atoms in total. The number of rotatable bonds is 4. The minimum atomic E-state index is -0.197. The number of hydrogen-bond donors (Lipinski definition) is 2. The molecule has 0 unspecified atom stereocenters. The Hall–Kier alpha value is -1.80. The first-order chi connectivity index (χ1) is 10.3. The first-order valence-corrected chi connectivity index (χ1v) is 7.99. The second-order valence-corrected chi connectivity index (χ2v) is 5.95. The van der Waals surface area contributed by atoms with Gasteiger partial charge in [0, 0.05) is 24.9 Å². The van der Waals surface area contributed by atoms with Gasteiger partial charge in [-0.3, -0.25) is 4.79 Å². The lowest BCUT2D eigenvalue weighted by Crippen LogP contribution is -2.25. The largest absolute Gasteiger partial charge is 0.343 e. The number of aromatic nitrogens is 4. The van der Waals surface area contributed by atoms with Crippen LogP contribution in [-0.4, -0.2) is 25.7 Å². The van der Waals surface area contributed by atoms with Gasteiger partial charge >= 0.3 is 0 Å². The lowest BCUT2D eigenvalue weighted by atomic mass is 10.2. The molecule has 8 heteroatoms. The van der Waals surface area contributed by atoms with Crippen LogP contribution in [0.4, 0.5) is 0 Å². The molecular weight excluding hydrogens is 288 g/mol. The van der Waals surface area contributed by atoms with Gasteiger partial charge in [0.25, 0.3) is 5.91 Å². The van der Waals surface area contributed by atoms with Crippen LogP contribution in [0.25, 0.3) is 0 Å². The van der Waals surface area contributed by atoms with Crippen LogP contribution in [0.15, 0.2) is 5.38 Å². The normalized spacial score (nSPS) is 14.5. The van der Waals surface area contributed by atoms with Gasteiger partial charge in [-0.1, -0.05) is 6.42 Å². The van der Waals surface area contributed by atoms with Crippen LogP contribution in [0.5, 0.6) is 0 Å². The molecule has 21 heavy (non-hydrogen) atoms. The predicted molar refractivity (Wildman–Crippen MR) is 78.8 cm³/mol. The van der Waals surface area contributed by atoms with Gasteiger partial charge in [-0.25, -0.2) is 4.98 Å². The van der Waals surface area contributed by atoms with Gasteiger partial charge in [-0.2, -0.15) is 0 Å². The molecule has 0 radical (unpaired) electrons. The van der Waals surface area contributed by atoms with E-state index >= 15 is 0 Å². The number of amides is 1. The minimum Gasteiger partial charge on any atom is -0.343 e. The number of nitrogens with zero attached hydrogens (tertiary/aromatic N) is 4. The molecule has 0 saturated carbocycles. The Kier molecular flexibility index (Phi) is 4.26. The third-order valence-corrected chi connectivity index (χ3v) is 4.42. The maximum atomic E-state index is 12.0. The van der Waals surface area contributed by atoms with E-state index in [4.69, 9.17) is 5.73 Å². The molecule has 0 fully saturated rings. The highest BCUT2D eigenvalue weighted by Crippen LogP contribution is 2.14. The molecule has 0 aromatic carbocycles. The second kappa shape index (κ2) is 6.31. The summed E-state index contributed by atoms with van der Waals surface area (Å²) >= 11 is 1.40. The Morgan fingerprint density at radius 2 is 2.29 bits per heavy atom. The van der Waals surface area contributed by atoms with Crippen molar-refractivity contribution < 1.29 is 4.79 Å². The topological polar surface area (TPSA) is 98.7 Å². The Morgan fingerprint density at radius 1 is 1.38 bits per heavy atom. The zero-order valence-corrected chi connectivity index (χ0v) is 12.5. The van der Waals surface area contributed by atoms with Crippen molar-refractivity contribution in [1.82, 2.24) is 25.1 Å². The lowest BCUT2D eigenvalue weighted by molar-refractivity contribution is 0.0945. The zero-order chi connectivity index (χ0) is 14.7. The Labute approximate surface area is 126 Å². The fraction of sp³-hybridized carbons (Fsp3) is 0.538. The van der Waals surface area contributed by atoms with Crippen molar-refractivity contribution in [1.29, 1.82) is 0 Å². The van der Waals surface area contributed by atoms with Gasteiger partial charge in [-0.05, 0) is 12.8 Å². The van der Waals surface area contributed by atoms with E-state index in [0.29, 0.717) is 18.8 Å². The molecule has 112 valence electrons. The predicted octanol–water partition coefficient (Wildman–Crippen LogP) is 0.850. The summed E-state index contributed by atoms with van der Waals surface area (Å²) in [5.41, 5.74) is 5.91. The SMILES string of the molecule is NCc1nc(C(=O)NCc2nnc3n2CCCCC3)cs1. The third kappa shape index (κ3) is 3.11. The molecule has 0 aliphatic carbocycles. The van der Waals surface area contributed by atoms with E-state index in [9.17, 15) is 4.79 Å². The second-order valence-electron chi connectivity index (χ2n) is 5.01. The van der Waals surface area contributed by atoms with E-state index in [0.717, 1.165) is 42.5 Å². The van der Waals surface area contributed by atoms with Crippen molar-refractivity contribution in [3.63, 3.8) is 0 Å².